The average molecular weight is 377 g/mol. The molecule has 2 N–H and O–H groups in total. The number of rotatable bonds is 9. The van der Waals surface area contributed by atoms with Gasteiger partial charge in [-0.3, -0.25) is 9.79 Å². The highest BCUT2D eigenvalue weighted by atomic mass is 16.5. The third kappa shape index (κ3) is 7.42. The second kappa shape index (κ2) is 12.1. The topological polar surface area (TPSA) is 82.1 Å². The van der Waals surface area contributed by atoms with E-state index < -0.39 is 0 Å². The van der Waals surface area contributed by atoms with E-state index in [1.165, 1.54) is 0 Å². The van der Waals surface area contributed by atoms with Crippen molar-refractivity contribution in [2.24, 2.45) is 4.99 Å². The Balaban J connectivity index is 1.61. The van der Waals surface area contributed by atoms with Crippen LogP contribution in [0.2, 0.25) is 0 Å². The zero-order valence-corrected chi connectivity index (χ0v) is 16.5. The molecule has 1 fully saturated rings. The Labute approximate surface area is 162 Å². The van der Waals surface area contributed by atoms with E-state index in [2.05, 4.69) is 25.5 Å². The number of nitrogens with zero attached hydrogens (tertiary/aromatic N) is 4. The van der Waals surface area contributed by atoms with Crippen molar-refractivity contribution < 1.29 is 9.53 Å². The zero-order chi connectivity index (χ0) is 19.3. The lowest BCUT2D eigenvalue weighted by molar-refractivity contribution is -0.131. The van der Waals surface area contributed by atoms with Gasteiger partial charge in [-0.1, -0.05) is 6.07 Å². The third-order valence-corrected chi connectivity index (χ3v) is 4.42. The SMILES string of the molecule is CCOCCCNC(=NC)NCCC(=O)N1CCN(c2ccccn2)CC1. The van der Waals surface area contributed by atoms with E-state index in [0.29, 0.717) is 13.0 Å². The molecule has 8 nitrogen and oxygen atoms in total. The monoisotopic (exact) mass is 376 g/mol. The number of guanidine groups is 1. The molecule has 0 unspecified atom stereocenters. The second-order valence-electron chi connectivity index (χ2n) is 6.28. The molecule has 150 valence electrons. The van der Waals surface area contributed by atoms with Crippen molar-refractivity contribution in [3.05, 3.63) is 24.4 Å². The highest BCUT2D eigenvalue weighted by molar-refractivity contribution is 5.81. The minimum atomic E-state index is 0.176. The Bertz CT molecular complexity index is 573. The zero-order valence-electron chi connectivity index (χ0n) is 16.5. The Morgan fingerprint density at radius 1 is 1.22 bits per heavy atom. The van der Waals surface area contributed by atoms with Crippen molar-refractivity contribution in [3.8, 4) is 0 Å². The molecule has 1 aliphatic rings. The van der Waals surface area contributed by atoms with Gasteiger partial charge in [-0.25, -0.2) is 4.98 Å². The maximum atomic E-state index is 12.4. The molecular formula is C19H32N6O2. The maximum Gasteiger partial charge on any atom is 0.224 e. The number of anilines is 1. The van der Waals surface area contributed by atoms with Crippen LogP contribution in [0.3, 0.4) is 0 Å². The summed E-state index contributed by atoms with van der Waals surface area (Å²) in [6, 6.07) is 5.91. The lowest BCUT2D eigenvalue weighted by atomic mass is 10.2. The Hall–Kier alpha value is -2.35. The lowest BCUT2D eigenvalue weighted by Crippen LogP contribution is -2.49. The summed E-state index contributed by atoms with van der Waals surface area (Å²) in [4.78, 5) is 25.1. The summed E-state index contributed by atoms with van der Waals surface area (Å²) in [7, 11) is 1.73. The van der Waals surface area contributed by atoms with Gasteiger partial charge in [0.25, 0.3) is 0 Å². The fraction of sp³-hybridized carbons (Fsp3) is 0.632. The van der Waals surface area contributed by atoms with Gasteiger partial charge >= 0.3 is 0 Å². The summed E-state index contributed by atoms with van der Waals surface area (Å²) in [5.74, 6) is 1.87. The van der Waals surface area contributed by atoms with Crippen molar-refractivity contribution in [1.29, 1.82) is 0 Å². The van der Waals surface area contributed by atoms with E-state index >= 15 is 0 Å². The Morgan fingerprint density at radius 2 is 2.00 bits per heavy atom. The van der Waals surface area contributed by atoms with E-state index in [0.717, 1.165) is 64.1 Å². The molecule has 0 saturated carbocycles. The molecule has 0 aliphatic carbocycles. The van der Waals surface area contributed by atoms with Crippen LogP contribution in [0.15, 0.2) is 29.4 Å². The molecule has 0 spiro atoms. The van der Waals surface area contributed by atoms with Gasteiger partial charge in [0.15, 0.2) is 5.96 Å². The first kappa shape index (κ1) is 21.0. The summed E-state index contributed by atoms with van der Waals surface area (Å²) >= 11 is 0. The summed E-state index contributed by atoms with van der Waals surface area (Å²) in [5, 5.41) is 6.42. The first-order valence-electron chi connectivity index (χ1n) is 9.70. The number of hydrogen-bond donors (Lipinski definition) is 2. The van der Waals surface area contributed by atoms with E-state index in [1.54, 1.807) is 13.2 Å². The number of nitrogens with one attached hydrogen (secondary N) is 2. The van der Waals surface area contributed by atoms with E-state index in [4.69, 9.17) is 4.74 Å². The molecular weight excluding hydrogens is 344 g/mol. The van der Waals surface area contributed by atoms with Crippen LogP contribution in [0.1, 0.15) is 19.8 Å². The van der Waals surface area contributed by atoms with Crippen molar-refractivity contribution in [3.63, 3.8) is 0 Å². The van der Waals surface area contributed by atoms with Crippen molar-refractivity contribution >= 4 is 17.7 Å². The molecule has 0 bridgehead atoms. The fourth-order valence-corrected chi connectivity index (χ4v) is 2.92. The quantitative estimate of drug-likeness (QED) is 0.375. The number of carbonyl (C=O) groups excluding carboxylic acids is 1. The van der Waals surface area contributed by atoms with E-state index in [-0.39, 0.29) is 5.91 Å². The molecule has 1 aromatic rings. The molecule has 1 aromatic heterocycles. The molecule has 0 radical (unpaired) electrons. The second-order valence-corrected chi connectivity index (χ2v) is 6.28. The molecule has 1 aliphatic heterocycles. The smallest absolute Gasteiger partial charge is 0.224 e. The maximum absolute atomic E-state index is 12.4. The lowest BCUT2D eigenvalue weighted by Gasteiger charge is -2.35. The predicted molar refractivity (Wildman–Crippen MR) is 108 cm³/mol. The number of ether oxygens (including phenoxy) is 1. The number of aliphatic imine (C=N–C) groups is 1. The van der Waals surface area contributed by atoms with Gasteiger partial charge in [-0.2, -0.15) is 0 Å². The Kier molecular flexibility index (Phi) is 9.40. The van der Waals surface area contributed by atoms with Crippen LogP contribution < -0.4 is 15.5 Å². The molecule has 1 amide bonds. The number of amides is 1. The first-order valence-corrected chi connectivity index (χ1v) is 9.70. The third-order valence-electron chi connectivity index (χ3n) is 4.42. The molecule has 8 heteroatoms. The summed E-state index contributed by atoms with van der Waals surface area (Å²) in [5.41, 5.74) is 0. The van der Waals surface area contributed by atoms with Gasteiger partial charge in [0.05, 0.1) is 0 Å². The molecule has 27 heavy (non-hydrogen) atoms. The fourth-order valence-electron chi connectivity index (χ4n) is 2.92. The van der Waals surface area contributed by atoms with Gasteiger partial charge in [0.2, 0.25) is 5.91 Å². The molecule has 0 atom stereocenters. The molecule has 2 rings (SSSR count). The summed E-state index contributed by atoms with van der Waals surface area (Å²) in [6.07, 6.45) is 3.19. The number of aromatic nitrogens is 1. The predicted octanol–water partition coefficient (Wildman–Crippen LogP) is 0.712. The van der Waals surface area contributed by atoms with Crippen molar-refractivity contribution in [1.82, 2.24) is 20.5 Å². The van der Waals surface area contributed by atoms with Crippen LogP contribution >= 0.6 is 0 Å². The van der Waals surface area contributed by atoms with Gasteiger partial charge in [-0.15, -0.1) is 0 Å². The molecule has 1 saturated heterocycles. The van der Waals surface area contributed by atoms with Crippen LogP contribution in [0, 0.1) is 0 Å². The minimum Gasteiger partial charge on any atom is -0.382 e. The van der Waals surface area contributed by atoms with Crippen LogP contribution in [0.4, 0.5) is 5.82 Å². The highest BCUT2D eigenvalue weighted by Gasteiger charge is 2.21. The standard InChI is InChI=1S/C19H32N6O2/c1-3-27-16-6-10-22-19(20-2)23-11-8-18(26)25-14-12-24(13-15-25)17-7-4-5-9-21-17/h4-5,7,9H,3,6,8,10-16H2,1-2H3,(H2,20,22,23). The van der Waals surface area contributed by atoms with Gasteiger partial charge in [-0.05, 0) is 25.5 Å². The summed E-state index contributed by atoms with van der Waals surface area (Å²) in [6.45, 7) is 7.95. The first-order chi connectivity index (χ1) is 13.2. The highest BCUT2D eigenvalue weighted by Crippen LogP contribution is 2.12. The van der Waals surface area contributed by atoms with Crippen LogP contribution in [-0.2, 0) is 9.53 Å². The number of piperazine rings is 1. The number of hydrogen-bond acceptors (Lipinski definition) is 5. The largest absolute Gasteiger partial charge is 0.382 e. The van der Waals surface area contributed by atoms with E-state index in [1.807, 2.05) is 30.0 Å². The average Bonchev–Trinajstić information content (AvgIpc) is 2.73. The minimum absolute atomic E-state index is 0.176. The van der Waals surface area contributed by atoms with Crippen LogP contribution in [-0.4, -0.2) is 81.3 Å². The Morgan fingerprint density at radius 3 is 2.67 bits per heavy atom. The number of pyridine rings is 1. The summed E-state index contributed by atoms with van der Waals surface area (Å²) < 4.78 is 5.31. The molecule has 2 heterocycles. The van der Waals surface area contributed by atoms with E-state index in [9.17, 15) is 4.79 Å². The van der Waals surface area contributed by atoms with Crippen LogP contribution in [0.5, 0.6) is 0 Å². The van der Waals surface area contributed by atoms with Gasteiger partial charge in [0, 0.05) is 72.1 Å². The number of carbonyl (C=O) groups is 1. The van der Waals surface area contributed by atoms with Gasteiger partial charge in [0.1, 0.15) is 5.82 Å². The van der Waals surface area contributed by atoms with Crippen molar-refractivity contribution in [2.75, 3.05) is 64.4 Å². The van der Waals surface area contributed by atoms with Gasteiger partial charge < -0.3 is 25.2 Å². The van der Waals surface area contributed by atoms with Crippen LogP contribution in [0.25, 0.3) is 0 Å². The van der Waals surface area contributed by atoms with Crippen molar-refractivity contribution in [2.45, 2.75) is 19.8 Å². The molecule has 0 aromatic carbocycles. The normalized spacial score (nSPS) is 15.0.